The van der Waals surface area contributed by atoms with Crippen LogP contribution in [0, 0.1) is 25.2 Å². The highest BCUT2D eigenvalue weighted by atomic mass is 16.2. The van der Waals surface area contributed by atoms with Crippen LogP contribution in [0.1, 0.15) is 75.2 Å². The first-order valence-corrected chi connectivity index (χ1v) is 12.0. The maximum atomic E-state index is 13.2. The van der Waals surface area contributed by atoms with Gasteiger partial charge in [-0.1, -0.05) is 26.2 Å². The number of nitrogens with two attached hydrogens (primary N) is 1. The lowest BCUT2D eigenvalue weighted by molar-refractivity contribution is -0.115. The molecule has 1 amide bonds. The second-order valence-corrected chi connectivity index (χ2v) is 8.91. The first-order chi connectivity index (χ1) is 16.2. The van der Waals surface area contributed by atoms with Crippen LogP contribution in [0.5, 0.6) is 0 Å². The number of amides is 1. The van der Waals surface area contributed by atoms with Gasteiger partial charge in [-0.2, -0.15) is 5.26 Å². The topological polar surface area (TPSA) is 142 Å². The monoisotopic (exact) mass is 469 g/mol. The molecule has 1 aliphatic carbocycles. The molecule has 0 bridgehead atoms. The molecule has 184 valence electrons. The molecule has 2 aromatic rings. The first kappa shape index (κ1) is 25.1. The predicted molar refractivity (Wildman–Crippen MR) is 133 cm³/mol. The second-order valence-electron chi connectivity index (χ2n) is 8.91. The van der Waals surface area contributed by atoms with E-state index in [9.17, 15) is 19.6 Å². The zero-order valence-electron chi connectivity index (χ0n) is 20.5. The zero-order chi connectivity index (χ0) is 25.0. The van der Waals surface area contributed by atoms with E-state index in [2.05, 4.69) is 20.9 Å². The van der Waals surface area contributed by atoms with Crippen molar-refractivity contribution in [2.45, 2.75) is 78.8 Å². The van der Waals surface area contributed by atoms with Gasteiger partial charge >= 0.3 is 5.69 Å². The number of unbranched alkanes of at least 4 members (excludes halogenated alkanes) is 1. The molecule has 4 N–H and O–H groups in total. The van der Waals surface area contributed by atoms with Crippen molar-refractivity contribution in [3.05, 3.63) is 37.7 Å². The number of anilines is 3. The number of nitrogen functional groups attached to an aromatic ring is 1. The van der Waals surface area contributed by atoms with Gasteiger partial charge in [-0.25, -0.2) is 4.79 Å². The molecule has 1 aliphatic rings. The minimum Gasteiger partial charge on any atom is -0.383 e. The Balaban J connectivity index is 1.92. The van der Waals surface area contributed by atoms with Crippen molar-refractivity contribution in [2.75, 3.05) is 29.0 Å². The number of hydrogen-bond donors (Lipinski definition) is 3. The number of likely N-dealkylation sites (N-methyl/N-ethyl adjacent to an activating group) is 1. The van der Waals surface area contributed by atoms with E-state index in [0.29, 0.717) is 24.5 Å². The van der Waals surface area contributed by atoms with Crippen LogP contribution in [0.4, 0.5) is 17.3 Å². The molecule has 34 heavy (non-hydrogen) atoms. The lowest BCUT2D eigenvalue weighted by Gasteiger charge is -2.25. The molecule has 0 saturated heterocycles. The third kappa shape index (κ3) is 4.74. The molecule has 0 spiro atoms. The van der Waals surface area contributed by atoms with Crippen LogP contribution in [0.25, 0.3) is 0 Å². The summed E-state index contributed by atoms with van der Waals surface area (Å²) < 4.78 is 3.42. The summed E-state index contributed by atoms with van der Waals surface area (Å²) in [6.45, 7) is 8.25. The number of nitrogens with one attached hydrogen (secondary N) is 2. The summed E-state index contributed by atoms with van der Waals surface area (Å²) in [5, 5.41) is 12.7. The van der Waals surface area contributed by atoms with E-state index in [4.69, 9.17) is 5.73 Å². The van der Waals surface area contributed by atoms with Crippen LogP contribution < -0.4 is 27.2 Å². The van der Waals surface area contributed by atoms with Crippen molar-refractivity contribution in [3.8, 4) is 6.07 Å². The third-order valence-electron chi connectivity index (χ3n) is 6.80. The van der Waals surface area contributed by atoms with Gasteiger partial charge in [-0.3, -0.25) is 19.1 Å². The second kappa shape index (κ2) is 10.6. The van der Waals surface area contributed by atoms with E-state index in [1.165, 1.54) is 4.57 Å². The van der Waals surface area contributed by atoms with Gasteiger partial charge < -0.3 is 20.5 Å². The van der Waals surface area contributed by atoms with Crippen LogP contribution in [0.15, 0.2) is 9.59 Å². The van der Waals surface area contributed by atoms with Crippen molar-refractivity contribution in [1.29, 1.82) is 5.26 Å². The summed E-state index contributed by atoms with van der Waals surface area (Å²) in [4.78, 5) is 41.9. The molecule has 2 heterocycles. The smallest absolute Gasteiger partial charge is 0.330 e. The summed E-state index contributed by atoms with van der Waals surface area (Å²) in [6.07, 6.45) is 5.85. The summed E-state index contributed by atoms with van der Waals surface area (Å²) in [5.41, 5.74) is 7.46. The molecule has 2 aromatic heterocycles. The van der Waals surface area contributed by atoms with Crippen molar-refractivity contribution in [3.63, 3.8) is 0 Å². The van der Waals surface area contributed by atoms with Crippen molar-refractivity contribution in [1.82, 2.24) is 14.1 Å². The Morgan fingerprint density at radius 3 is 2.53 bits per heavy atom. The third-order valence-corrected chi connectivity index (χ3v) is 6.80. The molecule has 0 aliphatic heterocycles. The number of nitriles is 1. The van der Waals surface area contributed by atoms with Crippen LogP contribution in [-0.4, -0.2) is 33.1 Å². The Kier molecular flexibility index (Phi) is 7.87. The summed E-state index contributed by atoms with van der Waals surface area (Å²) in [7, 11) is 0. The molecule has 3 rings (SSSR count). The molecular weight excluding hydrogens is 434 g/mol. The molecule has 10 nitrogen and oxygen atoms in total. The highest BCUT2D eigenvalue weighted by molar-refractivity contribution is 5.95. The molecular formula is C24H35N7O3. The summed E-state index contributed by atoms with van der Waals surface area (Å²) in [5.74, 6) is 0.205. The molecule has 0 aromatic carbocycles. The molecule has 1 fully saturated rings. The van der Waals surface area contributed by atoms with E-state index in [0.717, 1.165) is 49.8 Å². The van der Waals surface area contributed by atoms with Gasteiger partial charge in [0.2, 0.25) is 5.91 Å². The zero-order valence-corrected chi connectivity index (χ0v) is 20.5. The molecule has 0 unspecified atom stereocenters. The minimum atomic E-state index is -0.622. The Labute approximate surface area is 199 Å². The molecule has 0 atom stereocenters. The minimum absolute atomic E-state index is 0.0515. The van der Waals surface area contributed by atoms with Crippen molar-refractivity contribution >= 4 is 23.2 Å². The van der Waals surface area contributed by atoms with Gasteiger partial charge in [0, 0.05) is 24.8 Å². The van der Waals surface area contributed by atoms with E-state index in [-0.39, 0.29) is 30.0 Å². The first-order valence-electron chi connectivity index (χ1n) is 12.0. The Morgan fingerprint density at radius 2 is 1.94 bits per heavy atom. The van der Waals surface area contributed by atoms with E-state index in [1.807, 2.05) is 27.7 Å². The van der Waals surface area contributed by atoms with Crippen LogP contribution in [0.2, 0.25) is 0 Å². The van der Waals surface area contributed by atoms with Crippen LogP contribution in [-0.2, 0) is 11.3 Å². The Morgan fingerprint density at radius 1 is 1.26 bits per heavy atom. The fourth-order valence-corrected chi connectivity index (χ4v) is 4.82. The van der Waals surface area contributed by atoms with Crippen LogP contribution >= 0.6 is 0 Å². The van der Waals surface area contributed by atoms with E-state index < -0.39 is 11.2 Å². The molecule has 1 saturated carbocycles. The largest absolute Gasteiger partial charge is 0.383 e. The summed E-state index contributed by atoms with van der Waals surface area (Å²) in [6, 6.07) is 2.49. The van der Waals surface area contributed by atoms with Crippen molar-refractivity contribution in [2.24, 2.45) is 0 Å². The maximum Gasteiger partial charge on any atom is 0.330 e. The number of aromatic amines is 1. The normalized spacial score (nSPS) is 13.7. The Bertz CT molecular complexity index is 1210. The van der Waals surface area contributed by atoms with E-state index >= 15 is 0 Å². The Hall–Kier alpha value is -3.48. The van der Waals surface area contributed by atoms with Gasteiger partial charge in [0.25, 0.3) is 5.56 Å². The number of aromatic nitrogens is 3. The van der Waals surface area contributed by atoms with Gasteiger partial charge in [0.15, 0.2) is 0 Å². The lowest BCUT2D eigenvalue weighted by Crippen LogP contribution is -2.41. The fourth-order valence-electron chi connectivity index (χ4n) is 4.82. The predicted octanol–water partition coefficient (Wildman–Crippen LogP) is 2.79. The maximum absolute atomic E-state index is 13.2. The average molecular weight is 470 g/mol. The molecule has 0 radical (unpaired) electrons. The van der Waals surface area contributed by atoms with Crippen LogP contribution in [0.3, 0.4) is 0 Å². The lowest BCUT2D eigenvalue weighted by atomic mass is 10.2. The average Bonchev–Trinajstić information content (AvgIpc) is 3.39. The van der Waals surface area contributed by atoms with Gasteiger partial charge in [0.05, 0.1) is 12.1 Å². The summed E-state index contributed by atoms with van der Waals surface area (Å²) >= 11 is 0. The van der Waals surface area contributed by atoms with E-state index in [1.54, 1.807) is 4.90 Å². The quantitative estimate of drug-likeness (QED) is 0.515. The fraction of sp³-hybridized carbons (Fsp3) is 0.583. The van der Waals surface area contributed by atoms with Gasteiger partial charge in [-0.05, 0) is 45.6 Å². The van der Waals surface area contributed by atoms with Gasteiger partial charge in [0.1, 0.15) is 23.4 Å². The molecule has 10 heteroatoms. The standard InChI is InChI=1S/C24H35N7O3/c1-5-7-12-30-21(26)20(23(33)28-24(30)34)29(6-2)14-19(32)27-22-18(13-25)15(3)16(4)31(22)17-10-8-9-11-17/h17H,5-12,14,26H2,1-4H3,(H,27,32)(H,28,33,34). The SMILES string of the molecule is CCCCn1c(N)c(N(CC)CC(=O)Nc2c(C#N)c(C)c(C)n2C2CCCC2)c(=O)[nH]c1=O. The highest BCUT2D eigenvalue weighted by Crippen LogP contribution is 2.37. The number of carbonyl (C=O) groups is 1. The van der Waals surface area contributed by atoms with Crippen molar-refractivity contribution < 1.29 is 4.79 Å². The number of nitrogens with zero attached hydrogens (tertiary/aromatic N) is 4. The highest BCUT2D eigenvalue weighted by Gasteiger charge is 2.27. The number of hydrogen-bond acceptors (Lipinski definition) is 6. The number of H-pyrrole nitrogens is 1. The number of rotatable bonds is 9. The number of carbonyl (C=O) groups excluding carboxylic acids is 1. The van der Waals surface area contributed by atoms with Gasteiger partial charge in [-0.15, -0.1) is 0 Å².